The fourth-order valence-corrected chi connectivity index (χ4v) is 2.82. The Bertz CT molecular complexity index is 883. The van der Waals surface area contributed by atoms with Crippen LogP contribution in [0, 0.1) is 13.8 Å². The van der Waals surface area contributed by atoms with E-state index in [-0.39, 0.29) is 11.6 Å². The summed E-state index contributed by atoms with van der Waals surface area (Å²) < 4.78 is 1.70. The number of aryl methyl sites for hydroxylation is 2. The Hall–Kier alpha value is -2.55. The Labute approximate surface area is 136 Å². The summed E-state index contributed by atoms with van der Waals surface area (Å²) in [5.74, 6) is 0. The van der Waals surface area contributed by atoms with E-state index in [1.54, 1.807) is 4.68 Å². The summed E-state index contributed by atoms with van der Waals surface area (Å²) >= 11 is 0. The normalized spacial score (nSPS) is 11.2. The van der Waals surface area contributed by atoms with Gasteiger partial charge in [0.05, 0.1) is 11.3 Å². The lowest BCUT2D eigenvalue weighted by molar-refractivity contribution is 0.518. The number of nitrogens with zero attached hydrogens (tertiary/aromatic N) is 1. The lowest BCUT2D eigenvalue weighted by atomic mass is 10.00. The van der Waals surface area contributed by atoms with E-state index in [9.17, 15) is 4.79 Å². The van der Waals surface area contributed by atoms with E-state index < -0.39 is 0 Å². The molecule has 0 aliphatic carbocycles. The molecular weight excluding hydrogens is 284 g/mol. The van der Waals surface area contributed by atoms with Crippen molar-refractivity contribution in [2.75, 3.05) is 0 Å². The molecule has 1 N–H and O–H groups in total. The molecule has 0 saturated carbocycles. The molecule has 0 aliphatic heterocycles. The number of nitrogens with one attached hydrogen (secondary N) is 1. The zero-order chi connectivity index (χ0) is 16.6. The highest BCUT2D eigenvalue weighted by Crippen LogP contribution is 2.29. The van der Waals surface area contributed by atoms with E-state index in [0.29, 0.717) is 0 Å². The monoisotopic (exact) mass is 306 g/mol. The second-order valence-electron chi connectivity index (χ2n) is 6.37. The minimum absolute atomic E-state index is 0.0281. The molecule has 1 aromatic heterocycles. The second-order valence-corrected chi connectivity index (χ2v) is 6.37. The summed E-state index contributed by atoms with van der Waals surface area (Å²) in [6.07, 6.45) is 0. The third-order valence-electron chi connectivity index (χ3n) is 4.08. The Morgan fingerprint density at radius 2 is 1.61 bits per heavy atom. The molecule has 0 fully saturated rings. The Kier molecular flexibility index (Phi) is 3.95. The standard InChI is InChI=1S/C20H22N2O/c1-13(2)22-20(23)18(16-10-8-14(3)9-11-16)19(21-22)17-7-5-6-15(4)12-17/h5-13,21H,1-4H3. The Morgan fingerprint density at radius 1 is 0.913 bits per heavy atom. The lowest BCUT2D eigenvalue weighted by Crippen LogP contribution is -2.19. The maximum Gasteiger partial charge on any atom is 0.275 e. The summed E-state index contributed by atoms with van der Waals surface area (Å²) in [6, 6.07) is 16.4. The van der Waals surface area contributed by atoms with Gasteiger partial charge >= 0.3 is 0 Å². The SMILES string of the molecule is Cc1ccc(-c2c(-c3cccc(C)c3)[nH]n(C(C)C)c2=O)cc1. The van der Waals surface area contributed by atoms with Crippen LogP contribution < -0.4 is 5.56 Å². The molecule has 3 aromatic rings. The van der Waals surface area contributed by atoms with Gasteiger partial charge < -0.3 is 0 Å². The third kappa shape index (κ3) is 2.87. The quantitative estimate of drug-likeness (QED) is 0.747. The van der Waals surface area contributed by atoms with Crippen LogP contribution in [-0.2, 0) is 0 Å². The summed E-state index contributed by atoms with van der Waals surface area (Å²) in [5.41, 5.74) is 6.01. The number of hydrogen-bond acceptors (Lipinski definition) is 1. The molecule has 1 heterocycles. The van der Waals surface area contributed by atoms with Crippen molar-refractivity contribution in [2.45, 2.75) is 33.7 Å². The van der Waals surface area contributed by atoms with Gasteiger partial charge in [-0.1, -0.05) is 53.6 Å². The zero-order valence-electron chi connectivity index (χ0n) is 14.1. The van der Waals surface area contributed by atoms with Crippen LogP contribution in [0.2, 0.25) is 0 Å². The number of aromatic nitrogens is 2. The molecule has 0 spiro atoms. The summed E-state index contributed by atoms with van der Waals surface area (Å²) in [5, 5.41) is 3.31. The Balaban J connectivity index is 2.28. The number of hydrogen-bond donors (Lipinski definition) is 1. The van der Waals surface area contributed by atoms with Crippen LogP contribution in [-0.4, -0.2) is 9.78 Å². The highest BCUT2D eigenvalue weighted by molar-refractivity contribution is 5.80. The van der Waals surface area contributed by atoms with Crippen molar-refractivity contribution in [1.29, 1.82) is 0 Å². The minimum Gasteiger partial charge on any atom is -0.294 e. The van der Waals surface area contributed by atoms with Gasteiger partial charge in [0.15, 0.2) is 0 Å². The predicted octanol–water partition coefficient (Wildman–Crippen LogP) is 4.71. The minimum atomic E-state index is 0.0281. The average molecular weight is 306 g/mol. The fourth-order valence-electron chi connectivity index (χ4n) is 2.82. The molecule has 3 rings (SSSR count). The van der Waals surface area contributed by atoms with E-state index in [2.05, 4.69) is 31.1 Å². The Morgan fingerprint density at radius 3 is 2.22 bits per heavy atom. The third-order valence-corrected chi connectivity index (χ3v) is 4.08. The molecule has 0 bridgehead atoms. The van der Waals surface area contributed by atoms with Gasteiger partial charge in [0.25, 0.3) is 5.56 Å². The molecule has 3 heteroatoms. The van der Waals surface area contributed by atoms with Crippen molar-refractivity contribution >= 4 is 0 Å². The number of aromatic amines is 1. The first-order valence-electron chi connectivity index (χ1n) is 7.96. The first-order chi connectivity index (χ1) is 11.0. The second kappa shape index (κ2) is 5.92. The topological polar surface area (TPSA) is 37.8 Å². The van der Waals surface area contributed by atoms with E-state index in [1.807, 2.05) is 50.2 Å². The van der Waals surface area contributed by atoms with Crippen LogP contribution in [0.5, 0.6) is 0 Å². The largest absolute Gasteiger partial charge is 0.294 e. The number of H-pyrrole nitrogens is 1. The molecule has 118 valence electrons. The highest BCUT2D eigenvalue weighted by atomic mass is 16.1. The summed E-state index contributed by atoms with van der Waals surface area (Å²) in [6.45, 7) is 8.13. The van der Waals surface area contributed by atoms with Gasteiger partial charge in [0, 0.05) is 11.6 Å². The molecule has 0 atom stereocenters. The molecule has 0 radical (unpaired) electrons. The first kappa shape index (κ1) is 15.3. The predicted molar refractivity (Wildman–Crippen MR) is 95.8 cm³/mol. The van der Waals surface area contributed by atoms with E-state index >= 15 is 0 Å². The van der Waals surface area contributed by atoms with Crippen LogP contribution in [0.25, 0.3) is 22.4 Å². The van der Waals surface area contributed by atoms with Gasteiger partial charge in [0.1, 0.15) is 0 Å². The van der Waals surface area contributed by atoms with Gasteiger partial charge in [-0.3, -0.25) is 9.89 Å². The van der Waals surface area contributed by atoms with Gasteiger partial charge in [-0.25, -0.2) is 4.68 Å². The first-order valence-corrected chi connectivity index (χ1v) is 7.96. The molecule has 0 aliphatic rings. The van der Waals surface area contributed by atoms with Crippen LogP contribution in [0.4, 0.5) is 0 Å². The van der Waals surface area contributed by atoms with Gasteiger partial charge in [-0.15, -0.1) is 0 Å². The summed E-state index contributed by atoms with van der Waals surface area (Å²) in [7, 11) is 0. The zero-order valence-corrected chi connectivity index (χ0v) is 14.1. The fraction of sp³-hybridized carbons (Fsp3) is 0.250. The molecule has 23 heavy (non-hydrogen) atoms. The average Bonchev–Trinajstić information content (AvgIpc) is 2.86. The van der Waals surface area contributed by atoms with Crippen molar-refractivity contribution in [2.24, 2.45) is 0 Å². The smallest absolute Gasteiger partial charge is 0.275 e. The number of benzene rings is 2. The van der Waals surface area contributed by atoms with Crippen LogP contribution in [0.15, 0.2) is 53.3 Å². The van der Waals surface area contributed by atoms with Crippen molar-refractivity contribution in [3.8, 4) is 22.4 Å². The molecular formula is C20H22N2O. The van der Waals surface area contributed by atoms with E-state index in [4.69, 9.17) is 0 Å². The van der Waals surface area contributed by atoms with Gasteiger partial charge in [-0.2, -0.15) is 0 Å². The van der Waals surface area contributed by atoms with Crippen molar-refractivity contribution in [3.05, 3.63) is 70.0 Å². The van der Waals surface area contributed by atoms with Crippen molar-refractivity contribution < 1.29 is 0 Å². The lowest BCUT2D eigenvalue weighted by Gasteiger charge is -2.05. The van der Waals surface area contributed by atoms with Crippen molar-refractivity contribution in [1.82, 2.24) is 9.78 Å². The maximum absolute atomic E-state index is 12.9. The van der Waals surface area contributed by atoms with Gasteiger partial charge in [-0.05, 0) is 39.3 Å². The maximum atomic E-state index is 12.9. The van der Waals surface area contributed by atoms with Crippen LogP contribution in [0.3, 0.4) is 0 Å². The number of rotatable bonds is 3. The van der Waals surface area contributed by atoms with E-state index in [0.717, 1.165) is 22.4 Å². The van der Waals surface area contributed by atoms with Crippen LogP contribution in [0.1, 0.15) is 31.0 Å². The van der Waals surface area contributed by atoms with Crippen LogP contribution >= 0.6 is 0 Å². The van der Waals surface area contributed by atoms with E-state index in [1.165, 1.54) is 11.1 Å². The highest BCUT2D eigenvalue weighted by Gasteiger charge is 2.18. The van der Waals surface area contributed by atoms with Gasteiger partial charge in [0.2, 0.25) is 0 Å². The molecule has 0 unspecified atom stereocenters. The molecule has 3 nitrogen and oxygen atoms in total. The molecule has 0 saturated heterocycles. The van der Waals surface area contributed by atoms with Crippen molar-refractivity contribution in [3.63, 3.8) is 0 Å². The summed E-state index contributed by atoms with van der Waals surface area (Å²) in [4.78, 5) is 12.9. The molecule has 2 aromatic carbocycles. The molecule has 0 amide bonds.